The van der Waals surface area contributed by atoms with Crippen molar-refractivity contribution in [2.24, 2.45) is 0 Å². The third-order valence-corrected chi connectivity index (χ3v) is 6.81. The fourth-order valence-electron chi connectivity index (χ4n) is 4.78. The quantitative estimate of drug-likeness (QED) is 0.300. The van der Waals surface area contributed by atoms with E-state index in [1.54, 1.807) is 7.11 Å². The van der Waals surface area contributed by atoms with E-state index in [9.17, 15) is 4.79 Å². The standard InChI is InChI=1S/C30H32N6O2/c1-21-15-22(2)27-17-25(30(37)31-28(27)16-21)19-35(14-13-23-7-5-4-6-8-23)20-29-32-33-34-36(29)18-24-9-11-26(38-3)12-10-24/h4-12,15-17H,13-14,18-20H2,1-3H3,(H,31,37). The molecule has 0 unspecified atom stereocenters. The zero-order valence-electron chi connectivity index (χ0n) is 22.0. The Hall–Kier alpha value is -4.30. The third-order valence-electron chi connectivity index (χ3n) is 6.81. The average Bonchev–Trinajstić information content (AvgIpc) is 3.35. The number of benzene rings is 3. The molecule has 0 radical (unpaired) electrons. The molecule has 0 saturated carbocycles. The minimum Gasteiger partial charge on any atom is -0.497 e. The van der Waals surface area contributed by atoms with Crippen molar-refractivity contribution in [2.75, 3.05) is 13.7 Å². The lowest BCUT2D eigenvalue weighted by Gasteiger charge is -2.22. The van der Waals surface area contributed by atoms with Crippen molar-refractivity contribution in [2.45, 2.75) is 39.9 Å². The molecule has 0 aliphatic heterocycles. The fraction of sp³-hybridized carbons (Fsp3) is 0.267. The van der Waals surface area contributed by atoms with Crippen molar-refractivity contribution in [3.05, 3.63) is 117 Å². The second-order valence-corrected chi connectivity index (χ2v) is 9.71. The summed E-state index contributed by atoms with van der Waals surface area (Å²) in [4.78, 5) is 18.4. The lowest BCUT2D eigenvalue weighted by Crippen LogP contribution is -2.30. The first-order valence-corrected chi connectivity index (χ1v) is 12.8. The first-order valence-electron chi connectivity index (χ1n) is 12.8. The number of fused-ring (bicyclic) bond motifs is 1. The third kappa shape index (κ3) is 5.98. The first-order chi connectivity index (χ1) is 18.5. The van der Waals surface area contributed by atoms with Crippen LogP contribution in [0.3, 0.4) is 0 Å². The normalized spacial score (nSPS) is 11.4. The van der Waals surface area contributed by atoms with Gasteiger partial charge in [-0.15, -0.1) is 5.10 Å². The van der Waals surface area contributed by atoms with Crippen LogP contribution in [0.25, 0.3) is 10.9 Å². The molecule has 0 amide bonds. The molecule has 38 heavy (non-hydrogen) atoms. The molecule has 5 aromatic rings. The zero-order valence-corrected chi connectivity index (χ0v) is 22.0. The number of ether oxygens (including phenoxy) is 1. The molecule has 2 heterocycles. The van der Waals surface area contributed by atoms with Gasteiger partial charge in [0.15, 0.2) is 5.82 Å². The number of nitrogens with one attached hydrogen (secondary N) is 1. The molecule has 8 nitrogen and oxygen atoms in total. The van der Waals surface area contributed by atoms with Crippen LogP contribution >= 0.6 is 0 Å². The summed E-state index contributed by atoms with van der Waals surface area (Å²) < 4.78 is 7.08. The summed E-state index contributed by atoms with van der Waals surface area (Å²) in [5.74, 6) is 1.56. The van der Waals surface area contributed by atoms with Crippen molar-refractivity contribution in [1.82, 2.24) is 30.1 Å². The van der Waals surface area contributed by atoms with Crippen molar-refractivity contribution in [3.63, 3.8) is 0 Å². The molecule has 5 rings (SSSR count). The predicted molar refractivity (Wildman–Crippen MR) is 148 cm³/mol. The minimum absolute atomic E-state index is 0.0648. The molecule has 0 bridgehead atoms. The lowest BCUT2D eigenvalue weighted by atomic mass is 10.0. The molecule has 1 N–H and O–H groups in total. The minimum atomic E-state index is -0.0648. The van der Waals surface area contributed by atoms with Gasteiger partial charge in [0.1, 0.15) is 5.75 Å². The summed E-state index contributed by atoms with van der Waals surface area (Å²) in [7, 11) is 1.65. The van der Waals surface area contributed by atoms with E-state index in [-0.39, 0.29) is 5.56 Å². The Bertz CT molecular complexity index is 1570. The molecule has 8 heteroatoms. The van der Waals surface area contributed by atoms with Gasteiger partial charge in [-0.1, -0.05) is 48.5 Å². The second kappa shape index (κ2) is 11.4. The van der Waals surface area contributed by atoms with Crippen LogP contribution in [0, 0.1) is 13.8 Å². The summed E-state index contributed by atoms with van der Waals surface area (Å²) in [5, 5.41) is 13.6. The van der Waals surface area contributed by atoms with E-state index in [0.29, 0.717) is 19.6 Å². The number of rotatable bonds is 10. The van der Waals surface area contributed by atoms with Gasteiger partial charge < -0.3 is 9.72 Å². The van der Waals surface area contributed by atoms with Gasteiger partial charge in [-0.05, 0) is 77.2 Å². The van der Waals surface area contributed by atoms with Crippen molar-refractivity contribution in [1.29, 1.82) is 0 Å². The maximum absolute atomic E-state index is 13.1. The molecule has 0 aliphatic carbocycles. The zero-order chi connectivity index (χ0) is 26.5. The van der Waals surface area contributed by atoms with E-state index in [2.05, 4.69) is 50.5 Å². The number of aryl methyl sites for hydroxylation is 2. The Balaban J connectivity index is 1.41. The van der Waals surface area contributed by atoms with Gasteiger partial charge in [0, 0.05) is 29.6 Å². The van der Waals surface area contributed by atoms with Crippen LogP contribution in [-0.4, -0.2) is 43.7 Å². The van der Waals surface area contributed by atoms with Crippen LogP contribution < -0.4 is 10.3 Å². The Morgan fingerprint density at radius 2 is 1.74 bits per heavy atom. The molecule has 2 aromatic heterocycles. The summed E-state index contributed by atoms with van der Waals surface area (Å²) >= 11 is 0. The highest BCUT2D eigenvalue weighted by atomic mass is 16.5. The van der Waals surface area contributed by atoms with Crippen LogP contribution in [-0.2, 0) is 26.1 Å². The summed E-state index contributed by atoms with van der Waals surface area (Å²) in [6, 6.07) is 24.4. The monoisotopic (exact) mass is 508 g/mol. The van der Waals surface area contributed by atoms with Gasteiger partial charge in [-0.25, -0.2) is 4.68 Å². The number of H-pyrrole nitrogens is 1. The van der Waals surface area contributed by atoms with Crippen LogP contribution in [0.1, 0.15) is 33.6 Å². The molecule has 0 saturated heterocycles. The van der Waals surface area contributed by atoms with Gasteiger partial charge in [-0.3, -0.25) is 9.69 Å². The maximum Gasteiger partial charge on any atom is 0.252 e. The lowest BCUT2D eigenvalue weighted by molar-refractivity contribution is 0.248. The molecule has 3 aromatic carbocycles. The highest BCUT2D eigenvalue weighted by Gasteiger charge is 2.16. The van der Waals surface area contributed by atoms with Gasteiger partial charge >= 0.3 is 0 Å². The van der Waals surface area contributed by atoms with Crippen molar-refractivity contribution < 1.29 is 4.74 Å². The van der Waals surface area contributed by atoms with Crippen LogP contribution in [0.15, 0.2) is 77.6 Å². The Kier molecular flexibility index (Phi) is 7.60. The number of methoxy groups -OCH3 is 1. The highest BCUT2D eigenvalue weighted by molar-refractivity contribution is 5.83. The maximum atomic E-state index is 13.1. The van der Waals surface area contributed by atoms with Gasteiger partial charge in [0.25, 0.3) is 5.56 Å². The molecule has 0 fully saturated rings. The van der Waals surface area contributed by atoms with Crippen LogP contribution in [0.4, 0.5) is 0 Å². The Labute approximate surface area is 221 Å². The number of hydrogen-bond donors (Lipinski definition) is 1. The highest BCUT2D eigenvalue weighted by Crippen LogP contribution is 2.20. The van der Waals surface area contributed by atoms with Crippen LogP contribution in [0.2, 0.25) is 0 Å². The van der Waals surface area contributed by atoms with E-state index in [1.807, 2.05) is 66.2 Å². The predicted octanol–water partition coefficient (Wildman–Crippen LogP) is 4.43. The Morgan fingerprint density at radius 1 is 0.947 bits per heavy atom. The number of pyridine rings is 1. The van der Waals surface area contributed by atoms with Gasteiger partial charge in [0.2, 0.25) is 0 Å². The molecule has 194 valence electrons. The van der Waals surface area contributed by atoms with E-state index >= 15 is 0 Å². The van der Waals surface area contributed by atoms with Gasteiger partial charge in [0.05, 0.1) is 20.2 Å². The van der Waals surface area contributed by atoms with Gasteiger partial charge in [-0.2, -0.15) is 0 Å². The van der Waals surface area contributed by atoms with E-state index in [0.717, 1.165) is 57.7 Å². The van der Waals surface area contributed by atoms with Crippen LogP contribution in [0.5, 0.6) is 5.75 Å². The van der Waals surface area contributed by atoms with Crippen molar-refractivity contribution >= 4 is 10.9 Å². The second-order valence-electron chi connectivity index (χ2n) is 9.71. The fourth-order valence-corrected chi connectivity index (χ4v) is 4.78. The van der Waals surface area contributed by atoms with E-state index in [1.165, 1.54) is 5.56 Å². The SMILES string of the molecule is COc1ccc(Cn2nnnc2CN(CCc2ccccc2)Cc2cc3c(C)cc(C)cc3[nH]c2=O)cc1. The van der Waals surface area contributed by atoms with E-state index in [4.69, 9.17) is 4.74 Å². The number of nitrogens with zero attached hydrogens (tertiary/aromatic N) is 5. The molecular weight excluding hydrogens is 476 g/mol. The Morgan fingerprint density at radius 3 is 2.50 bits per heavy atom. The van der Waals surface area contributed by atoms with Crippen molar-refractivity contribution in [3.8, 4) is 5.75 Å². The first kappa shape index (κ1) is 25.4. The summed E-state index contributed by atoms with van der Waals surface area (Å²) in [5.41, 5.74) is 6.14. The van der Waals surface area contributed by atoms with E-state index < -0.39 is 0 Å². The number of hydrogen-bond acceptors (Lipinski definition) is 6. The number of aromatic amines is 1. The molecule has 0 atom stereocenters. The molecule has 0 aliphatic rings. The average molecular weight is 509 g/mol. The number of tetrazole rings is 1. The smallest absolute Gasteiger partial charge is 0.252 e. The molecular formula is C30H32N6O2. The molecule has 0 spiro atoms. The summed E-state index contributed by atoms with van der Waals surface area (Å²) in [6.07, 6.45) is 0.852. The number of aromatic nitrogens is 5. The topological polar surface area (TPSA) is 88.9 Å². The summed E-state index contributed by atoms with van der Waals surface area (Å²) in [6.45, 7) is 6.43. The largest absolute Gasteiger partial charge is 0.497 e.